The number of rotatable bonds is 6. The van der Waals surface area contributed by atoms with Crippen molar-refractivity contribution in [1.29, 1.82) is 0 Å². The molecule has 3 nitrogen and oxygen atoms in total. The highest BCUT2D eigenvalue weighted by molar-refractivity contribution is 14.1. The van der Waals surface area contributed by atoms with Gasteiger partial charge in [-0.2, -0.15) is 12.2 Å². The van der Waals surface area contributed by atoms with Crippen LogP contribution in [-0.2, 0) is 14.2 Å². The first-order valence-corrected chi connectivity index (χ1v) is 10.2. The number of ketones is 1. The van der Waals surface area contributed by atoms with Crippen LogP contribution in [-0.4, -0.2) is 31.8 Å². The van der Waals surface area contributed by atoms with E-state index in [4.69, 9.17) is 9.39 Å². The van der Waals surface area contributed by atoms with Crippen molar-refractivity contribution in [1.82, 2.24) is 0 Å². The Morgan fingerprint density at radius 2 is 2.26 bits per heavy atom. The summed E-state index contributed by atoms with van der Waals surface area (Å²) in [7, 11) is 1.18. The molecule has 1 heterocycles. The zero-order valence-electron chi connectivity index (χ0n) is 11.6. The highest BCUT2D eigenvalue weighted by Crippen LogP contribution is 2.32. The molecule has 108 valence electrons. The van der Waals surface area contributed by atoms with Gasteiger partial charge < -0.3 is 9.39 Å². The standard InChI is InChI=1S/C12H21BIO3PS/c1-7(6-14)12-9(3)11(15)8(2)10(17-12)4-5-16-13-18-19/h6,8-10,12-13,18-19H,4-5H2,1-3H3/b7-6+/t8-,9+,10+,12-/m0/s1. The minimum Gasteiger partial charge on any atom is -0.434 e. The fourth-order valence-electron chi connectivity index (χ4n) is 2.37. The quantitative estimate of drug-likeness (QED) is 0.239. The van der Waals surface area contributed by atoms with E-state index in [0.717, 1.165) is 12.0 Å². The van der Waals surface area contributed by atoms with Crippen molar-refractivity contribution < 1.29 is 14.2 Å². The normalized spacial score (nSPS) is 33.1. The second-order valence-electron chi connectivity index (χ2n) is 4.93. The van der Waals surface area contributed by atoms with Crippen molar-refractivity contribution in [3.05, 3.63) is 9.66 Å². The molecule has 0 bridgehead atoms. The largest absolute Gasteiger partial charge is 0.434 e. The summed E-state index contributed by atoms with van der Waals surface area (Å²) in [4.78, 5) is 12.3. The Kier molecular flexibility index (Phi) is 8.53. The lowest BCUT2D eigenvalue weighted by Gasteiger charge is -2.38. The molecule has 1 rings (SSSR count). The predicted molar refractivity (Wildman–Crippen MR) is 94.8 cm³/mol. The van der Waals surface area contributed by atoms with Gasteiger partial charge in [0.25, 0.3) is 0 Å². The third-order valence-corrected chi connectivity index (χ3v) is 5.27. The van der Waals surface area contributed by atoms with Crippen LogP contribution in [0.5, 0.6) is 0 Å². The van der Waals surface area contributed by atoms with E-state index in [9.17, 15) is 4.79 Å². The van der Waals surface area contributed by atoms with Gasteiger partial charge in [-0.25, -0.2) is 0 Å². The van der Waals surface area contributed by atoms with Gasteiger partial charge in [-0.05, 0) is 23.0 Å². The van der Waals surface area contributed by atoms with Crippen molar-refractivity contribution >= 4 is 55.5 Å². The maximum Gasteiger partial charge on any atom is 0.310 e. The summed E-state index contributed by atoms with van der Waals surface area (Å²) in [6.45, 7) is 6.57. The average molecular weight is 414 g/mol. The zero-order chi connectivity index (χ0) is 14.4. The molecule has 0 aromatic rings. The monoisotopic (exact) mass is 414 g/mol. The molecule has 0 aliphatic carbocycles. The minimum absolute atomic E-state index is 0.0387. The summed E-state index contributed by atoms with van der Waals surface area (Å²) in [6, 6.07) is 0. The molecule has 19 heavy (non-hydrogen) atoms. The number of thiol groups is 1. The Balaban J connectivity index is 2.63. The number of Topliss-reactive ketones (excluding diaryl/α,β-unsaturated/α-hetero) is 1. The molecule has 1 unspecified atom stereocenters. The number of ether oxygens (including phenoxy) is 1. The maximum absolute atomic E-state index is 12.3. The molecule has 5 atom stereocenters. The van der Waals surface area contributed by atoms with Crippen LogP contribution in [0.15, 0.2) is 9.66 Å². The molecule has 7 heteroatoms. The van der Waals surface area contributed by atoms with Crippen LogP contribution >= 0.6 is 42.5 Å². The summed E-state index contributed by atoms with van der Waals surface area (Å²) in [5.41, 5.74) is 1.12. The van der Waals surface area contributed by atoms with Crippen LogP contribution in [0.2, 0.25) is 0 Å². The van der Waals surface area contributed by atoms with E-state index >= 15 is 0 Å². The van der Waals surface area contributed by atoms with Gasteiger partial charge in [0.15, 0.2) is 0 Å². The fourth-order valence-corrected chi connectivity index (χ4v) is 3.23. The van der Waals surface area contributed by atoms with Crippen LogP contribution < -0.4 is 0 Å². The van der Waals surface area contributed by atoms with Gasteiger partial charge in [-0.1, -0.05) is 44.1 Å². The molecule has 0 saturated carbocycles. The van der Waals surface area contributed by atoms with Gasteiger partial charge in [-0.3, -0.25) is 4.79 Å². The van der Waals surface area contributed by atoms with E-state index in [1.807, 2.05) is 24.9 Å². The van der Waals surface area contributed by atoms with E-state index in [2.05, 4.69) is 34.8 Å². The summed E-state index contributed by atoms with van der Waals surface area (Å²) in [5.74, 6) is 0.197. The first kappa shape index (κ1) is 18.0. The van der Waals surface area contributed by atoms with Crippen LogP contribution in [0.25, 0.3) is 0 Å². The Morgan fingerprint density at radius 1 is 1.58 bits per heavy atom. The van der Waals surface area contributed by atoms with Crippen LogP contribution in [0.3, 0.4) is 0 Å². The first-order chi connectivity index (χ1) is 9.02. The van der Waals surface area contributed by atoms with Gasteiger partial charge in [0.1, 0.15) is 5.78 Å². The van der Waals surface area contributed by atoms with E-state index in [-0.39, 0.29) is 24.0 Å². The topological polar surface area (TPSA) is 35.5 Å². The van der Waals surface area contributed by atoms with Crippen LogP contribution in [0.1, 0.15) is 27.2 Å². The van der Waals surface area contributed by atoms with Crippen molar-refractivity contribution in [2.75, 3.05) is 6.61 Å². The summed E-state index contributed by atoms with van der Waals surface area (Å²) in [6.07, 6.45) is 0.642. The van der Waals surface area contributed by atoms with E-state index in [1.165, 1.54) is 0 Å². The molecule has 0 amide bonds. The molecular formula is C12H21BIO3PS. The highest BCUT2D eigenvalue weighted by Gasteiger charge is 2.40. The lowest BCUT2D eigenvalue weighted by atomic mass is 9.81. The number of carbonyl (C=O) groups is 1. The van der Waals surface area contributed by atoms with Crippen molar-refractivity contribution in [2.45, 2.75) is 39.4 Å². The smallest absolute Gasteiger partial charge is 0.310 e. The minimum atomic E-state index is -0.0858. The van der Waals surface area contributed by atoms with Crippen molar-refractivity contribution in [2.24, 2.45) is 11.8 Å². The molecule has 0 aromatic heterocycles. The maximum atomic E-state index is 12.3. The summed E-state index contributed by atoms with van der Waals surface area (Å²) < 4.78 is 13.6. The molecular weight excluding hydrogens is 393 g/mol. The summed E-state index contributed by atoms with van der Waals surface area (Å²) >= 11 is 6.33. The number of halogens is 1. The van der Waals surface area contributed by atoms with Crippen LogP contribution in [0.4, 0.5) is 0 Å². The first-order valence-electron chi connectivity index (χ1n) is 6.43. The molecule has 0 radical (unpaired) electrons. The third kappa shape index (κ3) is 4.99. The Hall–Kier alpha value is 0.905. The SMILES string of the molecule is C/C(=C\I)[C@@H]1O[C@H](CCOBPS)[C@H](C)C(=O)[C@H]1C. The van der Waals surface area contributed by atoms with E-state index < -0.39 is 0 Å². The zero-order valence-corrected chi connectivity index (χ0v) is 15.6. The van der Waals surface area contributed by atoms with E-state index in [0.29, 0.717) is 27.3 Å². The predicted octanol–water partition coefficient (Wildman–Crippen LogP) is 3.13. The molecule has 0 spiro atoms. The molecule has 0 aromatic carbocycles. The van der Waals surface area contributed by atoms with Gasteiger partial charge in [-0.15, -0.1) is 0 Å². The lowest BCUT2D eigenvalue weighted by Crippen LogP contribution is -2.47. The summed E-state index contributed by atoms with van der Waals surface area (Å²) in [5, 5.41) is 0. The van der Waals surface area contributed by atoms with E-state index in [1.54, 1.807) is 0 Å². The number of carbonyl (C=O) groups excluding carboxylic acids is 1. The highest BCUT2D eigenvalue weighted by atomic mass is 127. The van der Waals surface area contributed by atoms with Gasteiger partial charge >= 0.3 is 7.20 Å². The Labute approximate surface area is 137 Å². The number of hydrogen-bond donors (Lipinski definition) is 1. The number of hydrogen-bond acceptors (Lipinski definition) is 4. The Bertz CT molecular complexity index is 343. The molecule has 1 aliphatic rings. The second kappa shape index (κ2) is 9.03. The van der Waals surface area contributed by atoms with Gasteiger partial charge in [0.2, 0.25) is 0 Å². The lowest BCUT2D eigenvalue weighted by molar-refractivity contribution is -0.152. The molecule has 0 N–H and O–H groups in total. The van der Waals surface area contributed by atoms with Crippen molar-refractivity contribution in [3.8, 4) is 0 Å². The fraction of sp³-hybridized carbons (Fsp3) is 0.750. The van der Waals surface area contributed by atoms with Crippen LogP contribution in [0, 0.1) is 11.8 Å². The van der Waals surface area contributed by atoms with Crippen molar-refractivity contribution in [3.63, 3.8) is 0 Å². The second-order valence-corrected chi connectivity index (χ2v) is 7.10. The average Bonchev–Trinajstić information content (AvgIpc) is 2.42. The van der Waals surface area contributed by atoms with Gasteiger partial charge in [0.05, 0.1) is 12.2 Å². The molecule has 1 fully saturated rings. The van der Waals surface area contributed by atoms with Gasteiger partial charge in [0, 0.05) is 18.4 Å². The Morgan fingerprint density at radius 3 is 2.84 bits per heavy atom. The third-order valence-electron chi connectivity index (χ3n) is 3.56. The molecule has 1 saturated heterocycles. The molecule has 1 aliphatic heterocycles.